The SMILES string of the molecule is COc1ccc(S(=O)(=O)N(CC(=O)N/N=C\c2ccc(OCC(=O)Nc3ccc(C)cc3)cc2)c2ccccc2)cc1. The Hall–Kier alpha value is -5.16. The number of anilines is 2. The summed E-state index contributed by atoms with van der Waals surface area (Å²) in [6.07, 6.45) is 1.41. The molecule has 0 aliphatic heterocycles. The summed E-state index contributed by atoms with van der Waals surface area (Å²) in [4.78, 5) is 24.9. The van der Waals surface area contributed by atoms with Crippen LogP contribution in [0.2, 0.25) is 0 Å². The van der Waals surface area contributed by atoms with E-state index in [0.717, 1.165) is 9.87 Å². The maximum atomic E-state index is 13.4. The second-order valence-electron chi connectivity index (χ2n) is 9.09. The summed E-state index contributed by atoms with van der Waals surface area (Å²) in [6.45, 7) is 1.32. The smallest absolute Gasteiger partial charge is 0.264 e. The van der Waals surface area contributed by atoms with Gasteiger partial charge in [-0.3, -0.25) is 13.9 Å². The van der Waals surface area contributed by atoms with E-state index >= 15 is 0 Å². The largest absolute Gasteiger partial charge is 0.497 e. The van der Waals surface area contributed by atoms with E-state index in [4.69, 9.17) is 9.47 Å². The van der Waals surface area contributed by atoms with E-state index in [9.17, 15) is 18.0 Å². The van der Waals surface area contributed by atoms with Gasteiger partial charge in [-0.25, -0.2) is 13.8 Å². The molecule has 0 radical (unpaired) electrons. The summed E-state index contributed by atoms with van der Waals surface area (Å²) in [5.41, 5.74) is 5.14. The van der Waals surface area contributed by atoms with Crippen molar-refractivity contribution in [3.05, 3.63) is 114 Å². The Kier molecular flexibility index (Phi) is 9.90. The van der Waals surface area contributed by atoms with Crippen molar-refractivity contribution in [2.75, 3.05) is 29.9 Å². The van der Waals surface area contributed by atoms with Crippen LogP contribution in [0.15, 0.2) is 113 Å². The first-order valence-corrected chi connectivity index (χ1v) is 14.3. The molecule has 0 spiro atoms. The summed E-state index contributed by atoms with van der Waals surface area (Å²) in [6, 6.07) is 28.4. The van der Waals surface area contributed by atoms with Gasteiger partial charge in [-0.05, 0) is 85.3 Å². The first-order chi connectivity index (χ1) is 20.2. The Morgan fingerprint density at radius 1 is 0.833 bits per heavy atom. The minimum Gasteiger partial charge on any atom is -0.497 e. The van der Waals surface area contributed by atoms with Crippen molar-refractivity contribution in [2.45, 2.75) is 11.8 Å². The number of ether oxygens (including phenoxy) is 2. The van der Waals surface area contributed by atoms with Crippen LogP contribution in [0.25, 0.3) is 0 Å². The molecule has 0 aliphatic carbocycles. The van der Waals surface area contributed by atoms with Crippen LogP contribution in [-0.4, -0.2) is 46.7 Å². The second-order valence-corrected chi connectivity index (χ2v) is 11.0. The number of hydrazone groups is 1. The van der Waals surface area contributed by atoms with Gasteiger partial charge in [0.15, 0.2) is 6.61 Å². The van der Waals surface area contributed by atoms with Crippen LogP contribution < -0.4 is 24.5 Å². The Balaban J connectivity index is 1.33. The minimum absolute atomic E-state index is 0.0124. The van der Waals surface area contributed by atoms with Crippen molar-refractivity contribution in [2.24, 2.45) is 5.10 Å². The molecule has 4 rings (SSSR count). The molecule has 0 atom stereocenters. The zero-order valence-electron chi connectivity index (χ0n) is 23.1. The zero-order chi connectivity index (χ0) is 30.0. The first-order valence-electron chi connectivity index (χ1n) is 12.9. The van der Waals surface area contributed by atoms with E-state index in [2.05, 4.69) is 15.8 Å². The molecule has 0 saturated heterocycles. The average molecular weight is 587 g/mol. The highest BCUT2D eigenvalue weighted by Gasteiger charge is 2.27. The summed E-state index contributed by atoms with van der Waals surface area (Å²) >= 11 is 0. The number of para-hydroxylation sites is 1. The van der Waals surface area contributed by atoms with E-state index in [-0.39, 0.29) is 17.4 Å². The van der Waals surface area contributed by atoms with Crippen LogP contribution in [0.1, 0.15) is 11.1 Å². The number of nitrogens with zero attached hydrogens (tertiary/aromatic N) is 2. The number of benzene rings is 4. The molecule has 2 N–H and O–H groups in total. The molecular formula is C31H30N4O6S. The molecule has 0 bridgehead atoms. The lowest BCUT2D eigenvalue weighted by atomic mass is 10.2. The molecule has 2 amide bonds. The fourth-order valence-electron chi connectivity index (χ4n) is 3.76. The number of carbonyl (C=O) groups excluding carboxylic acids is 2. The lowest BCUT2D eigenvalue weighted by Gasteiger charge is -2.23. The second kappa shape index (κ2) is 14.0. The molecule has 0 fully saturated rings. The fourth-order valence-corrected chi connectivity index (χ4v) is 5.18. The number of amides is 2. The molecule has 4 aromatic carbocycles. The Bertz CT molecular complexity index is 1620. The van der Waals surface area contributed by atoms with Crippen molar-refractivity contribution in [3.8, 4) is 11.5 Å². The molecule has 216 valence electrons. The fraction of sp³-hybridized carbons (Fsp3) is 0.129. The van der Waals surface area contributed by atoms with E-state index < -0.39 is 22.5 Å². The van der Waals surface area contributed by atoms with Crippen LogP contribution in [0.5, 0.6) is 11.5 Å². The Labute approximate surface area is 244 Å². The van der Waals surface area contributed by atoms with Crippen molar-refractivity contribution in [3.63, 3.8) is 0 Å². The summed E-state index contributed by atoms with van der Waals surface area (Å²) < 4.78 is 38.5. The topological polar surface area (TPSA) is 126 Å². The third-order valence-electron chi connectivity index (χ3n) is 5.97. The Morgan fingerprint density at radius 3 is 2.12 bits per heavy atom. The number of sulfonamides is 1. The minimum atomic E-state index is -4.06. The predicted molar refractivity (Wildman–Crippen MR) is 161 cm³/mol. The van der Waals surface area contributed by atoms with Crippen LogP contribution >= 0.6 is 0 Å². The molecule has 4 aromatic rings. The third-order valence-corrected chi connectivity index (χ3v) is 7.76. The van der Waals surface area contributed by atoms with E-state index in [1.54, 1.807) is 54.6 Å². The van der Waals surface area contributed by atoms with Crippen molar-refractivity contribution in [1.29, 1.82) is 0 Å². The van der Waals surface area contributed by atoms with Gasteiger partial charge in [0.25, 0.3) is 21.8 Å². The summed E-state index contributed by atoms with van der Waals surface area (Å²) in [5, 5.41) is 6.72. The quantitative estimate of drug-likeness (QED) is 0.188. The molecule has 0 saturated carbocycles. The molecule has 11 heteroatoms. The predicted octanol–water partition coefficient (Wildman–Crippen LogP) is 4.37. The van der Waals surface area contributed by atoms with Crippen LogP contribution in [0, 0.1) is 6.92 Å². The van der Waals surface area contributed by atoms with Crippen LogP contribution in [0.3, 0.4) is 0 Å². The van der Waals surface area contributed by atoms with E-state index in [1.165, 1.54) is 37.6 Å². The van der Waals surface area contributed by atoms with Gasteiger partial charge in [0.2, 0.25) is 0 Å². The normalized spacial score (nSPS) is 11.1. The third kappa shape index (κ3) is 8.18. The number of carbonyl (C=O) groups is 2. The number of methoxy groups -OCH3 is 1. The van der Waals surface area contributed by atoms with Crippen molar-refractivity contribution in [1.82, 2.24) is 5.43 Å². The number of nitrogens with one attached hydrogen (secondary N) is 2. The first kappa shape index (κ1) is 29.8. The molecule has 0 unspecified atom stereocenters. The van der Waals surface area contributed by atoms with Gasteiger partial charge in [0, 0.05) is 5.69 Å². The standard InChI is InChI=1S/C31H30N4O6S/c1-23-8-12-25(13-9-23)33-31(37)22-41-28-14-10-24(11-15-28)20-32-34-30(36)21-35(26-6-4-3-5-7-26)42(38,39)29-18-16-27(40-2)17-19-29/h3-20H,21-22H2,1-2H3,(H,33,37)(H,34,36)/b32-20-. The van der Waals surface area contributed by atoms with Crippen molar-refractivity contribution < 1.29 is 27.5 Å². The molecule has 0 heterocycles. The van der Waals surface area contributed by atoms with Crippen molar-refractivity contribution >= 4 is 39.4 Å². The molecule has 42 heavy (non-hydrogen) atoms. The van der Waals surface area contributed by atoms with Crippen LogP contribution in [-0.2, 0) is 19.6 Å². The number of hydrogen-bond donors (Lipinski definition) is 2. The molecule has 0 aliphatic rings. The average Bonchev–Trinajstić information content (AvgIpc) is 3.01. The van der Waals surface area contributed by atoms with Gasteiger partial charge in [-0.2, -0.15) is 5.10 Å². The van der Waals surface area contributed by atoms with E-state index in [0.29, 0.717) is 28.4 Å². The lowest BCUT2D eigenvalue weighted by molar-refractivity contribution is -0.119. The van der Waals surface area contributed by atoms with Gasteiger partial charge >= 0.3 is 0 Å². The zero-order valence-corrected chi connectivity index (χ0v) is 23.9. The lowest BCUT2D eigenvalue weighted by Crippen LogP contribution is -2.39. The highest BCUT2D eigenvalue weighted by atomic mass is 32.2. The number of hydrogen-bond acceptors (Lipinski definition) is 7. The molecular weight excluding hydrogens is 556 g/mol. The number of rotatable bonds is 12. The maximum absolute atomic E-state index is 13.4. The highest BCUT2D eigenvalue weighted by molar-refractivity contribution is 7.92. The van der Waals surface area contributed by atoms with Gasteiger partial charge < -0.3 is 14.8 Å². The van der Waals surface area contributed by atoms with Crippen LogP contribution in [0.4, 0.5) is 11.4 Å². The number of aryl methyl sites for hydroxylation is 1. The highest BCUT2D eigenvalue weighted by Crippen LogP contribution is 2.25. The molecule has 10 nitrogen and oxygen atoms in total. The van der Waals surface area contributed by atoms with Gasteiger partial charge in [-0.15, -0.1) is 0 Å². The Morgan fingerprint density at radius 2 is 1.48 bits per heavy atom. The van der Waals surface area contributed by atoms with Gasteiger partial charge in [0.1, 0.15) is 18.0 Å². The summed E-state index contributed by atoms with van der Waals surface area (Å²) in [5.74, 6) is 0.0745. The summed E-state index contributed by atoms with van der Waals surface area (Å²) in [7, 11) is -2.58. The van der Waals surface area contributed by atoms with Gasteiger partial charge in [0.05, 0.1) is 23.9 Å². The monoisotopic (exact) mass is 586 g/mol. The van der Waals surface area contributed by atoms with Gasteiger partial charge in [-0.1, -0.05) is 35.9 Å². The van der Waals surface area contributed by atoms with E-state index in [1.807, 2.05) is 31.2 Å². The molecule has 0 aromatic heterocycles. The maximum Gasteiger partial charge on any atom is 0.264 e.